The van der Waals surface area contributed by atoms with Gasteiger partial charge < -0.3 is 4.55 Å². The van der Waals surface area contributed by atoms with Gasteiger partial charge in [-0.25, -0.2) is 0 Å². The fourth-order valence-electron chi connectivity index (χ4n) is 0.512. The van der Waals surface area contributed by atoms with E-state index >= 15 is 0 Å². The highest BCUT2D eigenvalue weighted by molar-refractivity contribution is 8.77. The van der Waals surface area contributed by atoms with Crippen LogP contribution < -0.4 is 0 Å². The maximum atomic E-state index is 11.1. The fourth-order valence-corrected chi connectivity index (χ4v) is 2.77. The van der Waals surface area contributed by atoms with Crippen molar-refractivity contribution in [3.63, 3.8) is 0 Å². The Balaban J connectivity index is 3.29. The summed E-state index contributed by atoms with van der Waals surface area (Å²) < 4.78 is 11.1. The Bertz CT molecular complexity index is 168. The molecule has 1 nitrogen and oxygen atoms in total. The summed E-state index contributed by atoms with van der Waals surface area (Å²) in [4.78, 5) is 0. The van der Waals surface area contributed by atoms with Crippen molar-refractivity contribution in [3.05, 3.63) is 36.8 Å². The minimum absolute atomic E-state index is 0.578. The van der Waals surface area contributed by atoms with Gasteiger partial charge in [-0.2, -0.15) is 0 Å². The van der Waals surface area contributed by atoms with Gasteiger partial charge in [-0.15, -0.1) is 6.58 Å². The van der Waals surface area contributed by atoms with Crippen LogP contribution in [0.2, 0.25) is 0 Å². The van der Waals surface area contributed by atoms with Crippen LogP contribution in [0.1, 0.15) is 0 Å². The normalized spacial score (nSPS) is 13.0. The largest absolute Gasteiger partial charge is 0.616 e. The molecule has 0 bridgehead atoms. The monoisotopic (exact) mass is 234 g/mol. The van der Waals surface area contributed by atoms with Gasteiger partial charge in [-0.05, 0) is 28.7 Å². The molecule has 0 saturated carbocycles. The Hall–Kier alpha value is 0.230. The van der Waals surface area contributed by atoms with Crippen LogP contribution in [-0.2, 0) is 11.2 Å². The molecule has 0 heterocycles. The molecule has 0 fully saturated rings. The van der Waals surface area contributed by atoms with E-state index in [1.54, 1.807) is 27.7 Å². The molecule has 0 N–H and O–H groups in total. The summed E-state index contributed by atoms with van der Waals surface area (Å²) in [5.41, 5.74) is 0. The highest BCUT2D eigenvalue weighted by Gasteiger charge is 1.97. The third-order valence-corrected chi connectivity index (χ3v) is 4.12. The van der Waals surface area contributed by atoms with Gasteiger partial charge in [0.1, 0.15) is 11.5 Å². The minimum atomic E-state index is -0.775. The van der Waals surface area contributed by atoms with Gasteiger partial charge in [0.05, 0.1) is 0 Å². The molecule has 0 radical (unpaired) electrons. The first-order valence-electron chi connectivity index (χ1n) is 3.81. The van der Waals surface area contributed by atoms with Crippen LogP contribution in [0.25, 0.3) is 0 Å². The van der Waals surface area contributed by atoms with Crippen LogP contribution in [0, 0.1) is 0 Å². The third-order valence-electron chi connectivity index (χ3n) is 0.992. The predicted molar refractivity (Wildman–Crippen MR) is 67.5 cm³/mol. The molecule has 74 valence electrons. The molecule has 0 aliphatic carbocycles. The first kappa shape index (κ1) is 13.2. The zero-order chi connectivity index (χ0) is 9.94. The lowest BCUT2D eigenvalue weighted by Gasteiger charge is -2.03. The lowest BCUT2D eigenvalue weighted by Crippen LogP contribution is -2.06. The summed E-state index contributed by atoms with van der Waals surface area (Å²) in [7, 11) is 3.35. The molecule has 4 heteroatoms. The fraction of sp³-hybridized carbons (Fsp3) is 0.333. The molecule has 0 spiro atoms. The van der Waals surface area contributed by atoms with Gasteiger partial charge in [-0.3, -0.25) is 0 Å². The summed E-state index contributed by atoms with van der Waals surface area (Å²) >= 11 is -0.775. The Morgan fingerprint density at radius 1 is 1.23 bits per heavy atom. The molecule has 0 amide bonds. The SMILES string of the molecule is C=CCSSC=CC[S@@+]([O-])CC=C. The molecule has 0 aliphatic heterocycles. The lowest BCUT2D eigenvalue weighted by atomic mass is 10.7. The van der Waals surface area contributed by atoms with E-state index in [9.17, 15) is 4.55 Å². The van der Waals surface area contributed by atoms with Crippen molar-refractivity contribution < 1.29 is 4.55 Å². The van der Waals surface area contributed by atoms with Crippen LogP contribution in [0.4, 0.5) is 0 Å². The first-order chi connectivity index (χ1) is 6.31. The van der Waals surface area contributed by atoms with Crippen LogP contribution in [0.5, 0.6) is 0 Å². The molecule has 0 unspecified atom stereocenters. The summed E-state index contributed by atoms with van der Waals surface area (Å²) in [6, 6.07) is 0. The van der Waals surface area contributed by atoms with E-state index in [2.05, 4.69) is 13.2 Å². The second kappa shape index (κ2) is 10.3. The highest BCUT2D eigenvalue weighted by Crippen LogP contribution is 2.21. The Morgan fingerprint density at radius 3 is 2.62 bits per heavy atom. The van der Waals surface area contributed by atoms with Crippen molar-refractivity contribution in [2.75, 3.05) is 17.3 Å². The molecule has 1 atom stereocenters. The summed E-state index contributed by atoms with van der Waals surface area (Å²) in [5.74, 6) is 2.13. The van der Waals surface area contributed by atoms with Gasteiger partial charge in [-0.1, -0.05) is 34.2 Å². The number of rotatable bonds is 8. The Kier molecular flexibility index (Phi) is 10.5. The molecular weight excluding hydrogens is 220 g/mol. The minimum Gasteiger partial charge on any atom is -0.616 e. The smallest absolute Gasteiger partial charge is 0.124 e. The molecule has 13 heavy (non-hydrogen) atoms. The van der Waals surface area contributed by atoms with Crippen molar-refractivity contribution in [1.29, 1.82) is 0 Å². The first-order valence-corrected chi connectivity index (χ1v) is 7.68. The van der Waals surface area contributed by atoms with E-state index in [4.69, 9.17) is 0 Å². The third kappa shape index (κ3) is 10.1. The molecule has 0 aromatic rings. The zero-order valence-corrected chi connectivity index (χ0v) is 9.93. The van der Waals surface area contributed by atoms with E-state index in [1.807, 2.05) is 17.6 Å². The Labute approximate surface area is 91.3 Å². The van der Waals surface area contributed by atoms with Gasteiger partial charge in [0, 0.05) is 5.75 Å². The molecule has 0 aromatic carbocycles. The van der Waals surface area contributed by atoms with Crippen LogP contribution in [-0.4, -0.2) is 21.8 Å². The van der Waals surface area contributed by atoms with Crippen molar-refractivity contribution >= 4 is 32.8 Å². The summed E-state index contributed by atoms with van der Waals surface area (Å²) in [6.45, 7) is 7.14. The number of hydrogen-bond acceptors (Lipinski definition) is 3. The molecule has 0 saturated heterocycles. The van der Waals surface area contributed by atoms with Crippen LogP contribution in [0.15, 0.2) is 36.8 Å². The predicted octanol–water partition coefficient (Wildman–Crippen LogP) is 3.00. The highest BCUT2D eigenvalue weighted by atomic mass is 33.1. The lowest BCUT2D eigenvalue weighted by molar-refractivity contribution is 0.601. The van der Waals surface area contributed by atoms with Crippen molar-refractivity contribution in [2.45, 2.75) is 0 Å². The van der Waals surface area contributed by atoms with Gasteiger partial charge in [0.15, 0.2) is 0 Å². The second-order valence-corrected chi connectivity index (χ2v) is 5.97. The second-order valence-electron chi connectivity index (χ2n) is 2.10. The molecule has 0 aliphatic rings. The van der Waals surface area contributed by atoms with E-state index in [-0.39, 0.29) is 0 Å². The molecule has 0 aromatic heterocycles. The zero-order valence-electron chi connectivity index (χ0n) is 7.48. The molecule has 0 rings (SSSR count). The summed E-state index contributed by atoms with van der Waals surface area (Å²) in [5, 5.41) is 1.97. The van der Waals surface area contributed by atoms with E-state index in [0.717, 1.165) is 5.75 Å². The van der Waals surface area contributed by atoms with Crippen LogP contribution in [0.3, 0.4) is 0 Å². The van der Waals surface area contributed by atoms with E-state index in [1.165, 1.54) is 0 Å². The van der Waals surface area contributed by atoms with Crippen molar-refractivity contribution in [3.8, 4) is 0 Å². The average molecular weight is 234 g/mol. The van der Waals surface area contributed by atoms with Gasteiger partial charge >= 0.3 is 0 Å². The maximum absolute atomic E-state index is 11.1. The van der Waals surface area contributed by atoms with Crippen molar-refractivity contribution in [1.82, 2.24) is 0 Å². The van der Waals surface area contributed by atoms with Gasteiger partial charge in [0.2, 0.25) is 0 Å². The van der Waals surface area contributed by atoms with E-state index in [0.29, 0.717) is 11.5 Å². The van der Waals surface area contributed by atoms with Crippen molar-refractivity contribution in [2.24, 2.45) is 0 Å². The average Bonchev–Trinajstić information content (AvgIpc) is 2.11. The molecular formula is C9H14OS3. The van der Waals surface area contributed by atoms with Gasteiger partial charge in [0.25, 0.3) is 0 Å². The topological polar surface area (TPSA) is 23.1 Å². The Morgan fingerprint density at radius 2 is 2.00 bits per heavy atom. The number of hydrogen-bond donors (Lipinski definition) is 0. The standard InChI is InChI=1S/C9H14OS3/c1-3-6-11-12-7-5-9-13(10)8-4-2/h3-5,7H,1-2,6,8-9H2/t13-/m0/s1. The summed E-state index contributed by atoms with van der Waals surface area (Å²) in [6.07, 6.45) is 5.48. The maximum Gasteiger partial charge on any atom is 0.124 e. The van der Waals surface area contributed by atoms with E-state index < -0.39 is 11.2 Å². The van der Waals surface area contributed by atoms with Crippen LogP contribution >= 0.6 is 21.6 Å². The quantitative estimate of drug-likeness (QED) is 0.279.